The average molecular weight is 242 g/mol. The Morgan fingerprint density at radius 2 is 2.31 bits per heavy atom. The van der Waals surface area contributed by atoms with E-state index in [1.165, 1.54) is 0 Å². The van der Waals surface area contributed by atoms with Crippen molar-refractivity contribution >= 4 is 27.7 Å². The molecule has 0 aromatic heterocycles. The number of rotatable bonds is 3. The monoisotopic (exact) mass is 241 g/mol. The van der Waals surface area contributed by atoms with Gasteiger partial charge in [0.05, 0.1) is 7.11 Å². The highest BCUT2D eigenvalue weighted by Gasteiger charge is 1.98. The molecule has 2 N–H and O–H groups in total. The van der Waals surface area contributed by atoms with Crippen molar-refractivity contribution in [3.63, 3.8) is 0 Å². The summed E-state index contributed by atoms with van der Waals surface area (Å²) in [6.45, 7) is 0. The number of hydrogen-bond acceptors (Lipinski definition) is 2. The Hall–Kier alpha value is -0.960. The minimum absolute atomic E-state index is 0.716. The maximum absolute atomic E-state index is 5.62. The van der Waals surface area contributed by atoms with Crippen molar-refractivity contribution < 1.29 is 4.74 Å². The molecular formula is C10H12BrNO. The fourth-order valence-corrected chi connectivity index (χ4v) is 1.22. The molecule has 2 nitrogen and oxygen atoms in total. The molecule has 0 aliphatic carbocycles. The molecule has 13 heavy (non-hydrogen) atoms. The summed E-state index contributed by atoms with van der Waals surface area (Å²) in [7, 11) is 1.64. The molecule has 0 aliphatic rings. The molecule has 0 unspecified atom stereocenters. The van der Waals surface area contributed by atoms with Gasteiger partial charge in [-0.1, -0.05) is 28.1 Å². The molecule has 0 aliphatic heterocycles. The van der Waals surface area contributed by atoms with Gasteiger partial charge in [0.25, 0.3) is 0 Å². The van der Waals surface area contributed by atoms with Gasteiger partial charge in [-0.15, -0.1) is 0 Å². The number of nitrogens with two attached hydrogens (primary N) is 1. The molecule has 0 bridgehead atoms. The molecule has 0 amide bonds. The second kappa shape index (κ2) is 4.92. The number of allylic oxidation sites excluding steroid dienone is 1. The molecule has 0 saturated heterocycles. The fourth-order valence-electron chi connectivity index (χ4n) is 1.04. The SMILES string of the molecule is COc1cc(N)ccc1C=CCBr. The van der Waals surface area contributed by atoms with Crippen LogP contribution in [0.1, 0.15) is 5.56 Å². The molecule has 1 aromatic carbocycles. The summed E-state index contributed by atoms with van der Waals surface area (Å²) in [6.07, 6.45) is 4.00. The van der Waals surface area contributed by atoms with E-state index in [0.717, 1.165) is 16.6 Å². The lowest BCUT2D eigenvalue weighted by molar-refractivity contribution is 0.414. The summed E-state index contributed by atoms with van der Waals surface area (Å²) in [5.74, 6) is 0.803. The maximum atomic E-state index is 5.62. The summed E-state index contributed by atoms with van der Waals surface area (Å²) in [6, 6.07) is 5.61. The van der Waals surface area contributed by atoms with Gasteiger partial charge in [-0.3, -0.25) is 0 Å². The van der Waals surface area contributed by atoms with Crippen LogP contribution in [0.3, 0.4) is 0 Å². The van der Waals surface area contributed by atoms with Gasteiger partial charge in [-0.05, 0) is 12.1 Å². The predicted octanol–water partition coefficient (Wildman–Crippen LogP) is 2.69. The molecule has 3 heteroatoms. The lowest BCUT2D eigenvalue weighted by Crippen LogP contribution is -1.90. The van der Waals surface area contributed by atoms with Crippen LogP contribution in [0.2, 0.25) is 0 Å². The van der Waals surface area contributed by atoms with Gasteiger partial charge in [0.1, 0.15) is 5.75 Å². The van der Waals surface area contributed by atoms with Crippen molar-refractivity contribution in [2.45, 2.75) is 0 Å². The minimum Gasteiger partial charge on any atom is -0.496 e. The Bertz CT molecular complexity index is 310. The maximum Gasteiger partial charge on any atom is 0.128 e. The standard InChI is InChI=1S/C10H12BrNO/c1-13-10-7-9(12)5-4-8(10)3-2-6-11/h2-5,7H,6,12H2,1H3. The number of ether oxygens (including phenoxy) is 1. The highest BCUT2D eigenvalue weighted by molar-refractivity contribution is 9.09. The number of methoxy groups -OCH3 is 1. The van der Waals surface area contributed by atoms with Crippen molar-refractivity contribution in [1.82, 2.24) is 0 Å². The molecule has 70 valence electrons. The van der Waals surface area contributed by atoms with Crippen LogP contribution in [-0.2, 0) is 0 Å². The lowest BCUT2D eigenvalue weighted by Gasteiger charge is -2.04. The van der Waals surface area contributed by atoms with Gasteiger partial charge < -0.3 is 10.5 Å². The van der Waals surface area contributed by atoms with Crippen LogP contribution in [0.5, 0.6) is 5.75 Å². The van der Waals surface area contributed by atoms with Crippen molar-refractivity contribution in [1.29, 1.82) is 0 Å². The van der Waals surface area contributed by atoms with Gasteiger partial charge >= 0.3 is 0 Å². The van der Waals surface area contributed by atoms with Crippen LogP contribution in [0, 0.1) is 0 Å². The number of alkyl halides is 1. The fraction of sp³-hybridized carbons (Fsp3) is 0.200. The Morgan fingerprint density at radius 3 is 2.92 bits per heavy atom. The van der Waals surface area contributed by atoms with Crippen LogP contribution in [0.4, 0.5) is 5.69 Å². The van der Waals surface area contributed by atoms with Crippen molar-refractivity contribution in [3.8, 4) is 5.75 Å². The van der Waals surface area contributed by atoms with Crippen LogP contribution in [-0.4, -0.2) is 12.4 Å². The van der Waals surface area contributed by atoms with Gasteiger partial charge in [0.2, 0.25) is 0 Å². The van der Waals surface area contributed by atoms with E-state index in [2.05, 4.69) is 15.9 Å². The van der Waals surface area contributed by atoms with E-state index in [1.54, 1.807) is 7.11 Å². The Labute approximate surface area is 86.5 Å². The lowest BCUT2D eigenvalue weighted by atomic mass is 10.1. The Balaban J connectivity index is 2.99. The highest BCUT2D eigenvalue weighted by atomic mass is 79.9. The van der Waals surface area contributed by atoms with Gasteiger partial charge in [-0.2, -0.15) is 0 Å². The third kappa shape index (κ3) is 2.77. The first-order chi connectivity index (χ1) is 6.27. The molecule has 0 radical (unpaired) electrons. The van der Waals surface area contributed by atoms with Gasteiger partial charge in [-0.25, -0.2) is 0 Å². The van der Waals surface area contributed by atoms with Crippen LogP contribution in [0.25, 0.3) is 6.08 Å². The smallest absolute Gasteiger partial charge is 0.128 e. The molecule has 1 rings (SSSR count). The first kappa shape index (κ1) is 10.1. The molecule has 0 saturated carbocycles. The molecule has 0 fully saturated rings. The molecule has 0 heterocycles. The third-order valence-electron chi connectivity index (χ3n) is 1.64. The van der Waals surface area contributed by atoms with Crippen LogP contribution < -0.4 is 10.5 Å². The first-order valence-electron chi connectivity index (χ1n) is 3.94. The summed E-state index contributed by atoms with van der Waals surface area (Å²) >= 11 is 3.32. The predicted molar refractivity (Wildman–Crippen MR) is 60.2 cm³/mol. The van der Waals surface area contributed by atoms with E-state index in [1.807, 2.05) is 30.4 Å². The largest absolute Gasteiger partial charge is 0.496 e. The summed E-state index contributed by atoms with van der Waals surface area (Å²) in [4.78, 5) is 0. The van der Waals surface area contributed by atoms with E-state index in [-0.39, 0.29) is 0 Å². The molecular weight excluding hydrogens is 230 g/mol. The van der Waals surface area contributed by atoms with Crippen LogP contribution >= 0.6 is 15.9 Å². The van der Waals surface area contributed by atoms with Crippen LogP contribution in [0.15, 0.2) is 24.3 Å². The van der Waals surface area contributed by atoms with E-state index in [0.29, 0.717) is 5.69 Å². The Kier molecular flexibility index (Phi) is 3.83. The van der Waals surface area contributed by atoms with E-state index >= 15 is 0 Å². The highest BCUT2D eigenvalue weighted by Crippen LogP contribution is 2.22. The van der Waals surface area contributed by atoms with Crippen molar-refractivity contribution in [2.24, 2.45) is 0 Å². The quantitative estimate of drug-likeness (QED) is 0.653. The molecule has 1 aromatic rings. The minimum atomic E-state index is 0.716. The number of anilines is 1. The third-order valence-corrected chi connectivity index (χ3v) is 2.02. The normalized spacial score (nSPS) is 10.6. The van der Waals surface area contributed by atoms with E-state index in [4.69, 9.17) is 10.5 Å². The molecule has 0 atom stereocenters. The van der Waals surface area contributed by atoms with Gasteiger partial charge in [0, 0.05) is 22.6 Å². The second-order valence-corrected chi connectivity index (χ2v) is 3.21. The summed E-state index contributed by atoms with van der Waals surface area (Å²) < 4.78 is 5.18. The summed E-state index contributed by atoms with van der Waals surface area (Å²) in [5.41, 5.74) is 7.37. The average Bonchev–Trinajstić information content (AvgIpc) is 2.16. The zero-order valence-corrected chi connectivity index (χ0v) is 9.04. The summed E-state index contributed by atoms with van der Waals surface area (Å²) in [5, 5.41) is 0.834. The number of halogens is 1. The first-order valence-corrected chi connectivity index (χ1v) is 5.06. The topological polar surface area (TPSA) is 35.2 Å². The second-order valence-electron chi connectivity index (χ2n) is 2.56. The number of nitrogen functional groups attached to an aromatic ring is 1. The van der Waals surface area contributed by atoms with Gasteiger partial charge in [0.15, 0.2) is 0 Å². The van der Waals surface area contributed by atoms with Crippen molar-refractivity contribution in [3.05, 3.63) is 29.8 Å². The Morgan fingerprint density at radius 1 is 1.54 bits per heavy atom. The van der Waals surface area contributed by atoms with E-state index in [9.17, 15) is 0 Å². The number of benzene rings is 1. The number of hydrogen-bond donors (Lipinski definition) is 1. The zero-order valence-electron chi connectivity index (χ0n) is 7.46. The van der Waals surface area contributed by atoms with E-state index < -0.39 is 0 Å². The zero-order chi connectivity index (χ0) is 9.68. The van der Waals surface area contributed by atoms with Crippen molar-refractivity contribution in [2.75, 3.05) is 18.2 Å². The molecule has 0 spiro atoms.